The predicted molar refractivity (Wildman–Crippen MR) is 61.2 cm³/mol. The van der Waals surface area contributed by atoms with Gasteiger partial charge in [0.15, 0.2) is 0 Å². The van der Waals surface area contributed by atoms with E-state index >= 15 is 0 Å². The lowest BCUT2D eigenvalue weighted by molar-refractivity contribution is 0.664. The number of nitrogens with one attached hydrogen (secondary N) is 1. The van der Waals surface area contributed by atoms with Crippen molar-refractivity contribution in [3.63, 3.8) is 0 Å². The van der Waals surface area contributed by atoms with Gasteiger partial charge in [-0.3, -0.25) is 0 Å². The minimum absolute atomic E-state index is 0.0404. The summed E-state index contributed by atoms with van der Waals surface area (Å²) in [5, 5.41) is 3.27. The summed E-state index contributed by atoms with van der Waals surface area (Å²) < 4.78 is 0. The molecule has 74 valence electrons. The van der Waals surface area contributed by atoms with Crippen LogP contribution in [0.15, 0.2) is 18.2 Å². The molecule has 0 bridgehead atoms. The molecule has 1 aromatic carbocycles. The molecule has 0 aliphatic heterocycles. The van der Waals surface area contributed by atoms with Crippen LogP contribution in [0.1, 0.15) is 29.7 Å². The summed E-state index contributed by atoms with van der Waals surface area (Å²) in [6, 6.07) is 6.47. The second kappa shape index (κ2) is 4.83. The number of terminal acetylenes is 1. The number of benzene rings is 1. The van der Waals surface area contributed by atoms with Crippen molar-refractivity contribution in [3.05, 3.63) is 34.9 Å². The average Bonchev–Trinajstić information content (AvgIpc) is 2.12. The van der Waals surface area contributed by atoms with Crippen LogP contribution in [-0.4, -0.2) is 6.54 Å². The Morgan fingerprint density at radius 3 is 2.29 bits per heavy atom. The first-order valence-corrected chi connectivity index (χ1v) is 4.95. The highest BCUT2D eigenvalue weighted by Gasteiger charge is 2.06. The molecule has 0 fully saturated rings. The van der Waals surface area contributed by atoms with Crippen LogP contribution in [0.4, 0.5) is 0 Å². The van der Waals surface area contributed by atoms with E-state index in [1.165, 1.54) is 16.7 Å². The predicted octanol–water partition coefficient (Wildman–Crippen LogP) is 2.59. The Kier molecular flexibility index (Phi) is 3.73. The molecule has 0 saturated carbocycles. The molecule has 0 spiro atoms. The minimum atomic E-state index is 0.0404. The van der Waals surface area contributed by atoms with Gasteiger partial charge in [-0.25, -0.2) is 0 Å². The summed E-state index contributed by atoms with van der Waals surface area (Å²) in [7, 11) is 0. The van der Waals surface area contributed by atoms with E-state index in [1.807, 2.05) is 0 Å². The smallest absolute Gasteiger partial charge is 0.0943 e. The van der Waals surface area contributed by atoms with Gasteiger partial charge in [-0.1, -0.05) is 42.2 Å². The van der Waals surface area contributed by atoms with Crippen molar-refractivity contribution in [2.45, 2.75) is 26.8 Å². The lowest BCUT2D eigenvalue weighted by Crippen LogP contribution is -2.19. The molecule has 0 aromatic heterocycles. The average molecular weight is 187 g/mol. The molecule has 0 amide bonds. The number of hydrogen-bond acceptors (Lipinski definition) is 1. The van der Waals surface area contributed by atoms with Gasteiger partial charge in [-0.2, -0.15) is 0 Å². The standard InChI is InChI=1S/C13H17N/c1-5-13(14-6-2)12-8-10(3)7-11(4)9-12/h1,7-9,13-14H,6H2,2-4H3. The van der Waals surface area contributed by atoms with Gasteiger partial charge >= 0.3 is 0 Å². The fraction of sp³-hybridized carbons (Fsp3) is 0.385. The van der Waals surface area contributed by atoms with Crippen molar-refractivity contribution < 1.29 is 0 Å². The highest BCUT2D eigenvalue weighted by atomic mass is 14.9. The van der Waals surface area contributed by atoms with Gasteiger partial charge in [0.2, 0.25) is 0 Å². The molecule has 1 N–H and O–H groups in total. The maximum absolute atomic E-state index is 5.48. The molecule has 1 rings (SSSR count). The third kappa shape index (κ3) is 2.61. The van der Waals surface area contributed by atoms with Gasteiger partial charge in [0.1, 0.15) is 0 Å². The van der Waals surface area contributed by atoms with Crippen molar-refractivity contribution in [1.29, 1.82) is 0 Å². The molecule has 1 heteroatoms. The Balaban J connectivity index is 2.99. The van der Waals surface area contributed by atoms with Crippen LogP contribution in [0, 0.1) is 26.2 Å². The molecular weight excluding hydrogens is 170 g/mol. The van der Waals surface area contributed by atoms with E-state index < -0.39 is 0 Å². The first kappa shape index (κ1) is 10.8. The zero-order valence-corrected chi connectivity index (χ0v) is 9.09. The lowest BCUT2D eigenvalue weighted by Gasteiger charge is -2.13. The van der Waals surface area contributed by atoms with E-state index in [0.717, 1.165) is 6.54 Å². The van der Waals surface area contributed by atoms with Gasteiger partial charge in [-0.15, -0.1) is 6.42 Å². The van der Waals surface area contributed by atoms with Crippen LogP contribution >= 0.6 is 0 Å². The van der Waals surface area contributed by atoms with Gasteiger partial charge < -0.3 is 5.32 Å². The molecule has 1 aromatic rings. The van der Waals surface area contributed by atoms with Crippen molar-refractivity contribution in [3.8, 4) is 12.3 Å². The Morgan fingerprint density at radius 2 is 1.86 bits per heavy atom. The van der Waals surface area contributed by atoms with E-state index in [2.05, 4.69) is 50.2 Å². The van der Waals surface area contributed by atoms with Gasteiger partial charge in [-0.05, 0) is 26.0 Å². The summed E-state index contributed by atoms with van der Waals surface area (Å²) in [6.07, 6.45) is 5.48. The Morgan fingerprint density at radius 1 is 1.29 bits per heavy atom. The first-order chi connectivity index (χ1) is 6.67. The van der Waals surface area contributed by atoms with E-state index in [4.69, 9.17) is 6.42 Å². The highest BCUT2D eigenvalue weighted by molar-refractivity contribution is 5.33. The third-order valence-electron chi connectivity index (χ3n) is 2.15. The van der Waals surface area contributed by atoms with Crippen LogP contribution in [0.2, 0.25) is 0 Å². The van der Waals surface area contributed by atoms with Crippen molar-refractivity contribution >= 4 is 0 Å². The normalized spacial score (nSPS) is 12.1. The van der Waals surface area contributed by atoms with E-state index in [-0.39, 0.29) is 6.04 Å². The number of rotatable bonds is 3. The fourth-order valence-corrected chi connectivity index (χ4v) is 1.65. The Bertz CT molecular complexity index is 326. The largest absolute Gasteiger partial charge is 0.300 e. The summed E-state index contributed by atoms with van der Waals surface area (Å²) >= 11 is 0. The van der Waals surface area contributed by atoms with Gasteiger partial charge in [0, 0.05) is 0 Å². The van der Waals surface area contributed by atoms with E-state index in [9.17, 15) is 0 Å². The van der Waals surface area contributed by atoms with Crippen LogP contribution in [0.5, 0.6) is 0 Å². The SMILES string of the molecule is C#CC(NCC)c1cc(C)cc(C)c1. The number of hydrogen-bond donors (Lipinski definition) is 1. The monoisotopic (exact) mass is 187 g/mol. The van der Waals surface area contributed by atoms with Crippen LogP contribution in [-0.2, 0) is 0 Å². The molecule has 1 nitrogen and oxygen atoms in total. The molecular formula is C13H17N. The van der Waals surface area contributed by atoms with E-state index in [0.29, 0.717) is 0 Å². The number of aryl methyl sites for hydroxylation is 2. The second-order valence-corrected chi connectivity index (χ2v) is 3.58. The molecule has 0 aliphatic rings. The van der Waals surface area contributed by atoms with Crippen molar-refractivity contribution in [2.24, 2.45) is 0 Å². The lowest BCUT2D eigenvalue weighted by atomic mass is 10.0. The molecule has 0 heterocycles. The third-order valence-corrected chi connectivity index (χ3v) is 2.15. The topological polar surface area (TPSA) is 12.0 Å². The zero-order chi connectivity index (χ0) is 10.6. The molecule has 0 radical (unpaired) electrons. The maximum atomic E-state index is 5.48. The molecule has 0 saturated heterocycles. The summed E-state index contributed by atoms with van der Waals surface area (Å²) in [4.78, 5) is 0. The van der Waals surface area contributed by atoms with Gasteiger partial charge in [0.25, 0.3) is 0 Å². The molecule has 0 aliphatic carbocycles. The Hall–Kier alpha value is -1.26. The van der Waals surface area contributed by atoms with Crippen LogP contribution < -0.4 is 5.32 Å². The maximum Gasteiger partial charge on any atom is 0.0943 e. The van der Waals surface area contributed by atoms with E-state index in [1.54, 1.807) is 0 Å². The first-order valence-electron chi connectivity index (χ1n) is 4.95. The summed E-state index contributed by atoms with van der Waals surface area (Å²) in [5.74, 6) is 2.76. The van der Waals surface area contributed by atoms with Gasteiger partial charge in [0.05, 0.1) is 6.04 Å². The van der Waals surface area contributed by atoms with Crippen LogP contribution in [0.3, 0.4) is 0 Å². The molecule has 14 heavy (non-hydrogen) atoms. The second-order valence-electron chi connectivity index (χ2n) is 3.58. The van der Waals surface area contributed by atoms with Crippen LogP contribution in [0.25, 0.3) is 0 Å². The quantitative estimate of drug-likeness (QED) is 0.717. The summed E-state index contributed by atoms with van der Waals surface area (Å²) in [5.41, 5.74) is 3.71. The van der Waals surface area contributed by atoms with Crippen molar-refractivity contribution in [2.75, 3.05) is 6.54 Å². The molecule has 1 unspecified atom stereocenters. The Labute approximate surface area is 86.5 Å². The van der Waals surface area contributed by atoms with Crippen molar-refractivity contribution in [1.82, 2.24) is 5.32 Å². The molecule has 1 atom stereocenters. The minimum Gasteiger partial charge on any atom is -0.300 e. The zero-order valence-electron chi connectivity index (χ0n) is 9.09. The summed E-state index contributed by atoms with van der Waals surface area (Å²) in [6.45, 7) is 7.14. The fourth-order valence-electron chi connectivity index (χ4n) is 1.65. The highest BCUT2D eigenvalue weighted by Crippen LogP contribution is 2.16.